The maximum absolute atomic E-state index is 11.6. The molecule has 0 aromatic heterocycles. The van der Waals surface area contributed by atoms with Crippen molar-refractivity contribution in [2.24, 2.45) is 4.99 Å². The number of likely N-dealkylation sites (N-methyl/N-ethyl adjacent to an activating group) is 1. The minimum atomic E-state index is -0.160. The maximum Gasteiger partial charge on any atom is 0.257 e. The van der Waals surface area contributed by atoms with Crippen LogP contribution in [0.25, 0.3) is 0 Å². The molecule has 0 aliphatic rings. The van der Waals surface area contributed by atoms with Crippen LogP contribution in [-0.2, 0) is 17.8 Å². The lowest BCUT2D eigenvalue weighted by Crippen LogP contribution is -2.37. The lowest BCUT2D eigenvalue weighted by atomic mass is 10.1. The van der Waals surface area contributed by atoms with Crippen LogP contribution < -0.4 is 25.4 Å². The van der Waals surface area contributed by atoms with Crippen molar-refractivity contribution < 1.29 is 14.3 Å². The van der Waals surface area contributed by atoms with Crippen LogP contribution in [0.1, 0.15) is 24.5 Å². The van der Waals surface area contributed by atoms with E-state index in [-0.39, 0.29) is 36.5 Å². The van der Waals surface area contributed by atoms with Crippen molar-refractivity contribution in [1.82, 2.24) is 16.0 Å². The van der Waals surface area contributed by atoms with E-state index in [0.717, 1.165) is 30.9 Å². The SMILES string of the molecule is CCNC(=O)COc1ccc(CNC(=NC)NCCCc2ccccc2)cc1OC.I. The van der Waals surface area contributed by atoms with E-state index < -0.39 is 0 Å². The van der Waals surface area contributed by atoms with Crippen LogP contribution in [-0.4, -0.2) is 45.7 Å². The Bertz CT molecular complexity index is 816. The Morgan fingerprint density at radius 3 is 2.45 bits per heavy atom. The van der Waals surface area contributed by atoms with Crippen molar-refractivity contribution in [1.29, 1.82) is 0 Å². The van der Waals surface area contributed by atoms with E-state index in [2.05, 4.69) is 45.2 Å². The minimum Gasteiger partial charge on any atom is -0.493 e. The topological polar surface area (TPSA) is 84.0 Å². The van der Waals surface area contributed by atoms with Gasteiger partial charge < -0.3 is 25.4 Å². The number of hydrogen-bond acceptors (Lipinski definition) is 4. The van der Waals surface area contributed by atoms with Crippen LogP contribution in [0.15, 0.2) is 53.5 Å². The monoisotopic (exact) mass is 540 g/mol. The summed E-state index contributed by atoms with van der Waals surface area (Å²) in [4.78, 5) is 15.8. The van der Waals surface area contributed by atoms with Crippen LogP contribution in [0.5, 0.6) is 11.5 Å². The summed E-state index contributed by atoms with van der Waals surface area (Å²) in [7, 11) is 3.34. The average molecular weight is 540 g/mol. The standard InChI is InChI=1S/C23H32N4O3.HI/c1-4-25-22(28)17-30-20-13-12-19(15-21(20)29-3)16-27-23(24-2)26-14-8-11-18-9-6-5-7-10-18;/h5-7,9-10,12-13,15H,4,8,11,14,16-17H2,1-3H3,(H,25,28)(H2,24,26,27);1H. The number of rotatable bonds is 11. The Morgan fingerprint density at radius 2 is 1.77 bits per heavy atom. The number of guanidine groups is 1. The third-order valence-electron chi connectivity index (χ3n) is 4.42. The van der Waals surface area contributed by atoms with Crippen molar-refractivity contribution in [3.05, 3.63) is 59.7 Å². The normalized spacial score (nSPS) is 10.6. The molecule has 170 valence electrons. The smallest absolute Gasteiger partial charge is 0.257 e. The first-order valence-electron chi connectivity index (χ1n) is 10.2. The number of aryl methyl sites for hydroxylation is 1. The van der Waals surface area contributed by atoms with E-state index in [4.69, 9.17) is 9.47 Å². The van der Waals surface area contributed by atoms with Gasteiger partial charge in [0.25, 0.3) is 5.91 Å². The number of ether oxygens (including phenoxy) is 2. The Kier molecular flexibility index (Phi) is 13.1. The van der Waals surface area contributed by atoms with Gasteiger partial charge in [0.05, 0.1) is 7.11 Å². The van der Waals surface area contributed by atoms with Crippen LogP contribution in [0.3, 0.4) is 0 Å². The highest BCUT2D eigenvalue weighted by molar-refractivity contribution is 14.0. The lowest BCUT2D eigenvalue weighted by molar-refractivity contribution is -0.123. The van der Waals surface area contributed by atoms with Crippen LogP contribution in [0.2, 0.25) is 0 Å². The highest BCUT2D eigenvalue weighted by Gasteiger charge is 2.09. The second-order valence-electron chi connectivity index (χ2n) is 6.67. The van der Waals surface area contributed by atoms with Gasteiger partial charge in [-0.2, -0.15) is 0 Å². The van der Waals surface area contributed by atoms with Crippen molar-refractivity contribution >= 4 is 35.8 Å². The van der Waals surface area contributed by atoms with Gasteiger partial charge in [-0.25, -0.2) is 0 Å². The zero-order chi connectivity index (χ0) is 21.6. The fourth-order valence-corrected chi connectivity index (χ4v) is 2.88. The summed E-state index contributed by atoms with van der Waals surface area (Å²) in [6.07, 6.45) is 2.05. The molecule has 2 aromatic carbocycles. The Morgan fingerprint density at radius 1 is 1.00 bits per heavy atom. The molecule has 0 aliphatic heterocycles. The van der Waals surface area contributed by atoms with Gasteiger partial charge >= 0.3 is 0 Å². The van der Waals surface area contributed by atoms with Crippen molar-refractivity contribution in [2.75, 3.05) is 33.9 Å². The Balaban J connectivity index is 0.00000480. The van der Waals surface area contributed by atoms with Crippen molar-refractivity contribution in [3.8, 4) is 11.5 Å². The molecule has 2 aromatic rings. The first kappa shape index (κ1) is 26.5. The molecule has 0 unspecified atom stereocenters. The van der Waals surface area contributed by atoms with E-state index >= 15 is 0 Å². The fourth-order valence-electron chi connectivity index (χ4n) is 2.88. The maximum atomic E-state index is 11.6. The zero-order valence-electron chi connectivity index (χ0n) is 18.4. The number of nitrogens with zero attached hydrogens (tertiary/aromatic N) is 1. The van der Waals surface area contributed by atoms with E-state index in [1.807, 2.05) is 31.2 Å². The minimum absolute atomic E-state index is 0. The summed E-state index contributed by atoms with van der Waals surface area (Å²) < 4.78 is 11.0. The van der Waals surface area contributed by atoms with Gasteiger partial charge in [-0.1, -0.05) is 36.4 Å². The number of halogens is 1. The number of carbonyl (C=O) groups excluding carboxylic acids is 1. The molecular weight excluding hydrogens is 507 g/mol. The second-order valence-corrected chi connectivity index (χ2v) is 6.67. The largest absolute Gasteiger partial charge is 0.493 e. The second kappa shape index (κ2) is 15.3. The van der Waals surface area contributed by atoms with Crippen molar-refractivity contribution in [2.45, 2.75) is 26.3 Å². The Hall–Kier alpha value is -2.49. The van der Waals surface area contributed by atoms with Crippen LogP contribution >= 0.6 is 24.0 Å². The number of aliphatic imine (C=N–C) groups is 1. The molecule has 0 heterocycles. The average Bonchev–Trinajstić information content (AvgIpc) is 2.78. The highest BCUT2D eigenvalue weighted by atomic mass is 127. The molecule has 2 rings (SSSR count). The van der Waals surface area contributed by atoms with E-state index in [9.17, 15) is 4.79 Å². The molecular formula is C23H33IN4O3. The molecule has 8 heteroatoms. The quantitative estimate of drug-likeness (QED) is 0.177. The van der Waals surface area contributed by atoms with Gasteiger partial charge in [-0.3, -0.25) is 9.79 Å². The van der Waals surface area contributed by atoms with E-state index in [0.29, 0.717) is 24.6 Å². The number of benzene rings is 2. The third kappa shape index (κ3) is 9.91. The van der Waals surface area contributed by atoms with E-state index in [1.54, 1.807) is 14.2 Å². The molecule has 0 saturated carbocycles. The molecule has 0 aliphatic carbocycles. The summed E-state index contributed by atoms with van der Waals surface area (Å²) in [5.74, 6) is 1.71. The molecule has 0 radical (unpaired) electrons. The predicted octanol–water partition coefficient (Wildman–Crippen LogP) is 3.13. The summed E-state index contributed by atoms with van der Waals surface area (Å²) in [6.45, 7) is 3.83. The van der Waals surface area contributed by atoms with Gasteiger partial charge in [0.15, 0.2) is 24.1 Å². The zero-order valence-corrected chi connectivity index (χ0v) is 20.8. The molecule has 7 nitrogen and oxygen atoms in total. The van der Waals surface area contributed by atoms with E-state index in [1.165, 1.54) is 5.56 Å². The van der Waals surface area contributed by atoms with Gasteiger partial charge in [-0.05, 0) is 43.0 Å². The molecule has 31 heavy (non-hydrogen) atoms. The first-order chi connectivity index (χ1) is 14.7. The number of hydrogen-bond donors (Lipinski definition) is 3. The summed E-state index contributed by atoms with van der Waals surface area (Å²) in [5.41, 5.74) is 2.35. The Labute approximate surface area is 202 Å². The molecule has 0 saturated heterocycles. The number of nitrogens with one attached hydrogen (secondary N) is 3. The summed E-state index contributed by atoms with van der Waals surface area (Å²) in [5, 5.41) is 9.33. The van der Waals surface area contributed by atoms with Gasteiger partial charge in [-0.15, -0.1) is 24.0 Å². The van der Waals surface area contributed by atoms with Crippen LogP contribution in [0, 0.1) is 0 Å². The van der Waals surface area contributed by atoms with Gasteiger partial charge in [0.1, 0.15) is 0 Å². The molecule has 3 N–H and O–H groups in total. The molecule has 0 spiro atoms. The number of methoxy groups -OCH3 is 1. The lowest BCUT2D eigenvalue weighted by Gasteiger charge is -2.14. The van der Waals surface area contributed by atoms with Gasteiger partial charge in [0.2, 0.25) is 0 Å². The molecule has 1 amide bonds. The van der Waals surface area contributed by atoms with Crippen LogP contribution in [0.4, 0.5) is 0 Å². The fraction of sp³-hybridized carbons (Fsp3) is 0.391. The highest BCUT2D eigenvalue weighted by Crippen LogP contribution is 2.28. The first-order valence-corrected chi connectivity index (χ1v) is 10.2. The van der Waals surface area contributed by atoms with Crippen molar-refractivity contribution in [3.63, 3.8) is 0 Å². The number of carbonyl (C=O) groups is 1. The third-order valence-corrected chi connectivity index (χ3v) is 4.42. The molecule has 0 bridgehead atoms. The molecule has 0 atom stereocenters. The predicted molar refractivity (Wildman–Crippen MR) is 136 cm³/mol. The summed E-state index contributed by atoms with van der Waals surface area (Å²) in [6, 6.07) is 16.1. The summed E-state index contributed by atoms with van der Waals surface area (Å²) >= 11 is 0. The van der Waals surface area contributed by atoms with Gasteiger partial charge in [0, 0.05) is 26.7 Å². The molecule has 0 fully saturated rings. The number of amides is 1.